The van der Waals surface area contributed by atoms with Crippen LogP contribution in [0.15, 0.2) is 24.4 Å². The normalized spacial score (nSPS) is 16.2. The molecule has 112 valence electrons. The van der Waals surface area contributed by atoms with E-state index >= 15 is 0 Å². The molecule has 0 aliphatic carbocycles. The zero-order valence-electron chi connectivity index (χ0n) is 12.8. The largest absolute Gasteiger partial charge is 0.370 e. The minimum Gasteiger partial charge on any atom is -0.370 e. The Kier molecular flexibility index (Phi) is 4.65. The first-order chi connectivity index (χ1) is 10.3. The number of piperidine rings is 1. The van der Waals surface area contributed by atoms with Gasteiger partial charge in [-0.05, 0) is 64.0 Å². The number of likely N-dealkylation sites (tertiary alicyclic amines) is 1. The maximum Gasteiger partial charge on any atom is 0.126 e. The highest BCUT2D eigenvalue weighted by atomic mass is 15.1. The second-order valence-corrected chi connectivity index (χ2v) is 5.84. The minimum atomic E-state index is 0.965. The second-order valence-electron chi connectivity index (χ2n) is 5.84. The van der Waals surface area contributed by atoms with Crippen LogP contribution in [-0.2, 0) is 0 Å². The van der Waals surface area contributed by atoms with Crippen LogP contribution in [0.2, 0.25) is 0 Å². The summed E-state index contributed by atoms with van der Waals surface area (Å²) in [5.74, 6) is 0.965. The standard InChI is InChI=1S/C17H24N4/c1-14-15-6-7-17(20-16(15)8-10-18-14)19-9-5-13-21-11-3-2-4-12-21/h6-8,10H,2-5,9,11-13H2,1H3,(H,19,20). The monoisotopic (exact) mass is 284 g/mol. The number of fused-ring (bicyclic) bond motifs is 1. The predicted molar refractivity (Wildman–Crippen MR) is 87.7 cm³/mol. The van der Waals surface area contributed by atoms with Crippen molar-refractivity contribution in [1.29, 1.82) is 0 Å². The first-order valence-corrected chi connectivity index (χ1v) is 8.01. The molecule has 0 radical (unpaired) electrons. The summed E-state index contributed by atoms with van der Waals surface area (Å²) in [6, 6.07) is 6.14. The maximum absolute atomic E-state index is 4.66. The summed E-state index contributed by atoms with van der Waals surface area (Å²) in [6.45, 7) is 6.76. The van der Waals surface area contributed by atoms with Crippen molar-refractivity contribution in [3.63, 3.8) is 0 Å². The summed E-state index contributed by atoms with van der Waals surface area (Å²) < 4.78 is 0. The van der Waals surface area contributed by atoms with Crippen molar-refractivity contribution in [1.82, 2.24) is 14.9 Å². The molecular weight excluding hydrogens is 260 g/mol. The van der Waals surface area contributed by atoms with Gasteiger partial charge < -0.3 is 10.2 Å². The molecule has 1 fully saturated rings. The summed E-state index contributed by atoms with van der Waals surface area (Å²) in [5.41, 5.74) is 2.06. The van der Waals surface area contributed by atoms with Gasteiger partial charge in [0, 0.05) is 23.8 Å². The van der Waals surface area contributed by atoms with Gasteiger partial charge in [-0.25, -0.2) is 4.98 Å². The van der Waals surface area contributed by atoms with Crippen LogP contribution in [0, 0.1) is 6.92 Å². The molecule has 2 aromatic heterocycles. The van der Waals surface area contributed by atoms with Gasteiger partial charge in [-0.2, -0.15) is 0 Å². The quantitative estimate of drug-likeness (QED) is 0.856. The molecule has 4 heteroatoms. The van der Waals surface area contributed by atoms with Gasteiger partial charge in [-0.3, -0.25) is 4.98 Å². The molecule has 0 bridgehead atoms. The van der Waals surface area contributed by atoms with Gasteiger partial charge in [0.25, 0.3) is 0 Å². The summed E-state index contributed by atoms with van der Waals surface area (Å²) >= 11 is 0. The van der Waals surface area contributed by atoms with Crippen molar-refractivity contribution in [2.45, 2.75) is 32.6 Å². The third kappa shape index (κ3) is 3.70. The Morgan fingerprint density at radius 1 is 1.14 bits per heavy atom. The molecule has 3 rings (SSSR count). The highest BCUT2D eigenvalue weighted by molar-refractivity contribution is 5.81. The molecule has 2 aromatic rings. The molecule has 1 saturated heterocycles. The number of hydrogen-bond acceptors (Lipinski definition) is 4. The van der Waals surface area contributed by atoms with E-state index in [0.717, 1.165) is 29.0 Å². The molecule has 3 heterocycles. The molecule has 1 aliphatic heterocycles. The van der Waals surface area contributed by atoms with Crippen molar-refractivity contribution in [3.05, 3.63) is 30.1 Å². The van der Waals surface area contributed by atoms with E-state index in [1.54, 1.807) is 0 Å². The molecule has 0 spiro atoms. The summed E-state index contributed by atoms with van der Waals surface area (Å²) in [6.07, 6.45) is 7.14. The lowest BCUT2D eigenvalue weighted by molar-refractivity contribution is 0.228. The minimum absolute atomic E-state index is 0.965. The number of nitrogens with one attached hydrogen (secondary N) is 1. The Morgan fingerprint density at radius 3 is 2.86 bits per heavy atom. The number of hydrogen-bond donors (Lipinski definition) is 1. The highest BCUT2D eigenvalue weighted by Crippen LogP contribution is 2.17. The average Bonchev–Trinajstić information content (AvgIpc) is 2.53. The molecular formula is C17H24N4. The lowest BCUT2D eigenvalue weighted by atomic mass is 10.1. The van der Waals surface area contributed by atoms with E-state index in [-0.39, 0.29) is 0 Å². The van der Waals surface area contributed by atoms with E-state index in [2.05, 4.69) is 32.3 Å². The van der Waals surface area contributed by atoms with E-state index in [0.29, 0.717) is 0 Å². The molecule has 0 saturated carbocycles. The molecule has 0 atom stereocenters. The van der Waals surface area contributed by atoms with Crippen molar-refractivity contribution in [2.75, 3.05) is 31.5 Å². The van der Waals surface area contributed by atoms with Gasteiger partial charge in [0.1, 0.15) is 5.82 Å². The molecule has 1 aliphatic rings. The van der Waals surface area contributed by atoms with E-state index in [9.17, 15) is 0 Å². The second kappa shape index (κ2) is 6.85. The SMILES string of the molecule is Cc1nccc2nc(NCCCN3CCCCC3)ccc12. The first-order valence-electron chi connectivity index (χ1n) is 8.01. The van der Waals surface area contributed by atoms with Crippen LogP contribution in [-0.4, -0.2) is 41.0 Å². The first kappa shape index (κ1) is 14.3. The van der Waals surface area contributed by atoms with E-state index in [1.165, 1.54) is 45.3 Å². The molecule has 0 unspecified atom stereocenters. The summed E-state index contributed by atoms with van der Waals surface area (Å²) in [4.78, 5) is 11.5. The van der Waals surface area contributed by atoms with Crippen molar-refractivity contribution >= 4 is 16.7 Å². The fourth-order valence-corrected chi connectivity index (χ4v) is 3.00. The Hall–Kier alpha value is -1.68. The van der Waals surface area contributed by atoms with Gasteiger partial charge in [-0.15, -0.1) is 0 Å². The lowest BCUT2D eigenvalue weighted by Crippen LogP contribution is -2.31. The zero-order valence-corrected chi connectivity index (χ0v) is 12.8. The number of anilines is 1. The number of aryl methyl sites for hydroxylation is 1. The Morgan fingerprint density at radius 2 is 2.00 bits per heavy atom. The average molecular weight is 284 g/mol. The molecule has 4 nitrogen and oxygen atoms in total. The topological polar surface area (TPSA) is 41.1 Å². The summed E-state index contributed by atoms with van der Waals surface area (Å²) in [7, 11) is 0. The van der Waals surface area contributed by atoms with Gasteiger partial charge in [-0.1, -0.05) is 6.42 Å². The Labute approximate surface area is 126 Å². The molecule has 0 aromatic carbocycles. The van der Waals surface area contributed by atoms with Crippen LogP contribution < -0.4 is 5.32 Å². The highest BCUT2D eigenvalue weighted by Gasteiger charge is 2.08. The lowest BCUT2D eigenvalue weighted by Gasteiger charge is -2.26. The van der Waals surface area contributed by atoms with Crippen molar-refractivity contribution in [3.8, 4) is 0 Å². The molecule has 21 heavy (non-hydrogen) atoms. The van der Waals surface area contributed by atoms with E-state index < -0.39 is 0 Å². The number of nitrogens with zero attached hydrogens (tertiary/aromatic N) is 3. The van der Waals surface area contributed by atoms with Crippen LogP contribution in [0.1, 0.15) is 31.4 Å². The van der Waals surface area contributed by atoms with Crippen LogP contribution in [0.4, 0.5) is 5.82 Å². The van der Waals surface area contributed by atoms with Crippen molar-refractivity contribution in [2.24, 2.45) is 0 Å². The van der Waals surface area contributed by atoms with Gasteiger partial charge in [0.05, 0.1) is 5.52 Å². The fraction of sp³-hybridized carbons (Fsp3) is 0.529. The maximum atomic E-state index is 4.66. The van der Waals surface area contributed by atoms with Gasteiger partial charge in [0.2, 0.25) is 0 Å². The molecule has 0 amide bonds. The summed E-state index contributed by atoms with van der Waals surface area (Å²) in [5, 5.41) is 4.57. The van der Waals surface area contributed by atoms with E-state index in [1.807, 2.05) is 19.2 Å². The Bertz CT molecular complexity index is 590. The van der Waals surface area contributed by atoms with Crippen LogP contribution in [0.5, 0.6) is 0 Å². The Balaban J connectivity index is 1.51. The fourth-order valence-electron chi connectivity index (χ4n) is 3.00. The number of pyridine rings is 2. The number of rotatable bonds is 5. The third-order valence-corrected chi connectivity index (χ3v) is 4.22. The van der Waals surface area contributed by atoms with E-state index in [4.69, 9.17) is 0 Å². The smallest absolute Gasteiger partial charge is 0.126 e. The third-order valence-electron chi connectivity index (χ3n) is 4.22. The van der Waals surface area contributed by atoms with Crippen LogP contribution in [0.3, 0.4) is 0 Å². The zero-order chi connectivity index (χ0) is 14.5. The van der Waals surface area contributed by atoms with Gasteiger partial charge >= 0.3 is 0 Å². The molecule has 1 N–H and O–H groups in total. The van der Waals surface area contributed by atoms with Crippen molar-refractivity contribution < 1.29 is 0 Å². The van der Waals surface area contributed by atoms with Crippen LogP contribution >= 0.6 is 0 Å². The number of aromatic nitrogens is 2. The van der Waals surface area contributed by atoms with Gasteiger partial charge in [0.15, 0.2) is 0 Å². The predicted octanol–water partition coefficient (Wildman–Crippen LogP) is 3.23. The van der Waals surface area contributed by atoms with Crippen LogP contribution in [0.25, 0.3) is 10.9 Å².